The molecule has 0 atom stereocenters. The monoisotopic (exact) mass is 367 g/mol. The standard InChI is InChI=1S/C14H11ClF5N3O/c1-7-11(15)12(13(16)17)22-23(7)6-10(24)21-9-5-3-2-4-8(9)14(18,19)20/h2-5,13H,6H2,1H3,(H,21,24). The number of carbonyl (C=O) groups is 1. The topological polar surface area (TPSA) is 46.9 Å². The maximum absolute atomic E-state index is 12.9. The molecule has 0 saturated heterocycles. The maximum atomic E-state index is 12.9. The number of halogens is 6. The summed E-state index contributed by atoms with van der Waals surface area (Å²) in [5, 5.41) is 5.33. The second kappa shape index (κ2) is 6.76. The van der Waals surface area contributed by atoms with Gasteiger partial charge in [0.1, 0.15) is 12.2 Å². The van der Waals surface area contributed by atoms with Gasteiger partial charge in [-0.05, 0) is 19.1 Å². The highest BCUT2D eigenvalue weighted by molar-refractivity contribution is 6.31. The summed E-state index contributed by atoms with van der Waals surface area (Å²) in [5.41, 5.74) is -2.01. The molecule has 0 spiro atoms. The van der Waals surface area contributed by atoms with Gasteiger partial charge in [0.2, 0.25) is 5.91 Å². The van der Waals surface area contributed by atoms with Crippen LogP contribution in [0.2, 0.25) is 5.02 Å². The molecule has 1 aromatic carbocycles. The van der Waals surface area contributed by atoms with E-state index in [4.69, 9.17) is 11.6 Å². The van der Waals surface area contributed by atoms with Crippen molar-refractivity contribution in [3.63, 3.8) is 0 Å². The highest BCUT2D eigenvalue weighted by Crippen LogP contribution is 2.34. The first-order valence-corrected chi connectivity index (χ1v) is 6.96. The molecule has 2 rings (SSSR count). The second-order valence-electron chi connectivity index (χ2n) is 4.83. The zero-order valence-electron chi connectivity index (χ0n) is 12.2. The Morgan fingerprint density at radius 3 is 2.50 bits per heavy atom. The second-order valence-corrected chi connectivity index (χ2v) is 5.21. The molecule has 1 aromatic heterocycles. The van der Waals surface area contributed by atoms with Crippen LogP contribution in [0.4, 0.5) is 27.6 Å². The number of anilines is 1. The maximum Gasteiger partial charge on any atom is 0.418 e. The summed E-state index contributed by atoms with van der Waals surface area (Å²) in [6.07, 6.45) is -7.57. The predicted octanol–water partition coefficient (Wildman–Crippen LogP) is 4.44. The van der Waals surface area contributed by atoms with E-state index in [1.165, 1.54) is 19.1 Å². The minimum absolute atomic E-state index is 0.117. The number of rotatable bonds is 4. The average Bonchev–Trinajstić information content (AvgIpc) is 2.75. The van der Waals surface area contributed by atoms with Crippen molar-refractivity contribution in [3.05, 3.63) is 46.2 Å². The Bertz CT molecular complexity index is 757. The lowest BCUT2D eigenvalue weighted by Gasteiger charge is -2.13. The summed E-state index contributed by atoms with van der Waals surface area (Å²) in [6, 6.07) is 4.43. The molecular formula is C14H11ClF5N3O. The Kier molecular flexibility index (Phi) is 5.12. The summed E-state index contributed by atoms with van der Waals surface area (Å²) in [7, 11) is 0. The van der Waals surface area contributed by atoms with Gasteiger partial charge in [0.05, 0.1) is 22.0 Å². The first-order valence-electron chi connectivity index (χ1n) is 6.58. The molecule has 24 heavy (non-hydrogen) atoms. The lowest BCUT2D eigenvalue weighted by molar-refractivity contribution is -0.137. The fourth-order valence-corrected chi connectivity index (χ4v) is 2.22. The molecule has 0 aliphatic carbocycles. The minimum Gasteiger partial charge on any atom is -0.324 e. The third kappa shape index (κ3) is 3.84. The van der Waals surface area contributed by atoms with E-state index in [1.807, 2.05) is 0 Å². The van der Waals surface area contributed by atoms with Crippen LogP contribution in [0.5, 0.6) is 0 Å². The smallest absolute Gasteiger partial charge is 0.324 e. The SMILES string of the molecule is Cc1c(Cl)c(C(F)F)nn1CC(=O)Nc1ccccc1C(F)(F)F. The number of benzene rings is 1. The number of hydrogen-bond donors (Lipinski definition) is 1. The van der Waals surface area contributed by atoms with Gasteiger partial charge in [-0.25, -0.2) is 8.78 Å². The van der Waals surface area contributed by atoms with Crippen molar-refractivity contribution in [2.75, 3.05) is 5.32 Å². The van der Waals surface area contributed by atoms with Gasteiger partial charge in [0, 0.05) is 0 Å². The number of hydrogen-bond acceptors (Lipinski definition) is 2. The number of aromatic nitrogens is 2. The normalized spacial score (nSPS) is 11.8. The molecule has 10 heteroatoms. The molecule has 4 nitrogen and oxygen atoms in total. The molecule has 1 amide bonds. The zero-order chi connectivity index (χ0) is 18.1. The summed E-state index contributed by atoms with van der Waals surface area (Å²) in [4.78, 5) is 11.9. The fraction of sp³-hybridized carbons (Fsp3) is 0.286. The third-order valence-corrected chi connectivity index (χ3v) is 3.63. The minimum atomic E-state index is -4.64. The molecule has 0 aliphatic heterocycles. The first kappa shape index (κ1) is 18.2. The molecule has 0 radical (unpaired) electrons. The van der Waals surface area contributed by atoms with Crippen LogP contribution in [0.3, 0.4) is 0 Å². The van der Waals surface area contributed by atoms with E-state index >= 15 is 0 Å². The van der Waals surface area contributed by atoms with Crippen LogP contribution < -0.4 is 5.32 Å². The molecule has 130 valence electrons. The zero-order valence-corrected chi connectivity index (χ0v) is 12.9. The number of para-hydroxylation sites is 1. The predicted molar refractivity (Wildman–Crippen MR) is 77.0 cm³/mol. The van der Waals surface area contributed by atoms with Crippen molar-refractivity contribution in [2.45, 2.75) is 26.1 Å². The molecule has 0 bridgehead atoms. The van der Waals surface area contributed by atoms with Crippen LogP contribution in [0.1, 0.15) is 23.4 Å². The highest BCUT2D eigenvalue weighted by atomic mass is 35.5. The number of nitrogens with zero attached hydrogens (tertiary/aromatic N) is 2. The van der Waals surface area contributed by atoms with E-state index in [1.54, 1.807) is 0 Å². The first-order chi connectivity index (χ1) is 11.1. The number of alkyl halides is 5. The van der Waals surface area contributed by atoms with Crippen LogP contribution >= 0.6 is 11.6 Å². The molecule has 1 heterocycles. The van der Waals surface area contributed by atoms with Crippen molar-refractivity contribution in [1.29, 1.82) is 0 Å². The Hall–Kier alpha value is -2.16. The van der Waals surface area contributed by atoms with E-state index in [-0.39, 0.29) is 10.7 Å². The van der Waals surface area contributed by atoms with E-state index in [9.17, 15) is 26.7 Å². The summed E-state index contributed by atoms with van der Waals surface area (Å²) in [6.45, 7) is 0.822. The third-order valence-electron chi connectivity index (χ3n) is 3.16. The molecule has 0 unspecified atom stereocenters. The van der Waals surface area contributed by atoms with Gasteiger partial charge in [0.25, 0.3) is 6.43 Å². The van der Waals surface area contributed by atoms with E-state index in [0.29, 0.717) is 0 Å². The average molecular weight is 368 g/mol. The molecule has 0 saturated carbocycles. The van der Waals surface area contributed by atoms with Crippen LogP contribution in [0, 0.1) is 6.92 Å². The van der Waals surface area contributed by atoms with Crippen molar-refractivity contribution in [3.8, 4) is 0 Å². The Balaban J connectivity index is 2.20. The number of carbonyl (C=O) groups excluding carboxylic acids is 1. The molecule has 2 aromatic rings. The van der Waals surface area contributed by atoms with Gasteiger partial charge in [-0.15, -0.1) is 0 Å². The van der Waals surface area contributed by atoms with E-state index < -0.39 is 42.0 Å². The van der Waals surface area contributed by atoms with Gasteiger partial charge in [-0.1, -0.05) is 23.7 Å². The fourth-order valence-electron chi connectivity index (χ4n) is 2.01. The summed E-state index contributed by atoms with van der Waals surface area (Å²) >= 11 is 5.69. The lowest BCUT2D eigenvalue weighted by atomic mass is 10.1. The Morgan fingerprint density at radius 1 is 1.33 bits per heavy atom. The van der Waals surface area contributed by atoms with Crippen molar-refractivity contribution < 1.29 is 26.7 Å². The number of amides is 1. The largest absolute Gasteiger partial charge is 0.418 e. The van der Waals surface area contributed by atoms with Crippen molar-refractivity contribution in [2.24, 2.45) is 0 Å². The van der Waals surface area contributed by atoms with Gasteiger partial charge >= 0.3 is 6.18 Å². The number of nitrogens with one attached hydrogen (secondary N) is 1. The van der Waals surface area contributed by atoms with Crippen molar-refractivity contribution >= 4 is 23.2 Å². The quantitative estimate of drug-likeness (QED) is 0.812. The van der Waals surface area contributed by atoms with Crippen molar-refractivity contribution in [1.82, 2.24) is 9.78 Å². The summed E-state index contributed by atoms with van der Waals surface area (Å²) < 4.78 is 64.9. The van der Waals surface area contributed by atoms with Crippen LogP contribution in [0.15, 0.2) is 24.3 Å². The molecule has 1 N–H and O–H groups in total. The molecular weight excluding hydrogens is 357 g/mol. The lowest BCUT2D eigenvalue weighted by Crippen LogP contribution is -2.22. The summed E-state index contributed by atoms with van der Waals surface area (Å²) in [5.74, 6) is -0.852. The van der Waals surface area contributed by atoms with Crippen LogP contribution in [-0.4, -0.2) is 15.7 Å². The van der Waals surface area contributed by atoms with Crippen LogP contribution in [-0.2, 0) is 17.5 Å². The molecule has 0 fully saturated rings. The Morgan fingerprint density at radius 2 is 1.96 bits per heavy atom. The van der Waals surface area contributed by atoms with Gasteiger partial charge in [-0.3, -0.25) is 9.48 Å². The van der Waals surface area contributed by atoms with Gasteiger partial charge < -0.3 is 5.32 Å². The van der Waals surface area contributed by atoms with Gasteiger partial charge in [0.15, 0.2) is 0 Å². The highest BCUT2D eigenvalue weighted by Gasteiger charge is 2.33. The van der Waals surface area contributed by atoms with Crippen LogP contribution in [0.25, 0.3) is 0 Å². The van der Waals surface area contributed by atoms with E-state index in [0.717, 1.165) is 16.8 Å². The van der Waals surface area contributed by atoms with E-state index in [2.05, 4.69) is 10.4 Å². The Labute approximate surface area is 138 Å². The molecule has 0 aliphatic rings. The van der Waals surface area contributed by atoms with Gasteiger partial charge in [-0.2, -0.15) is 18.3 Å².